The topological polar surface area (TPSA) is 93.4 Å². The van der Waals surface area contributed by atoms with Gasteiger partial charge in [-0.15, -0.1) is 0 Å². The predicted molar refractivity (Wildman–Crippen MR) is 103 cm³/mol. The molecule has 6 heteroatoms. The second kappa shape index (κ2) is 8.29. The largest absolute Gasteiger partial charge is 0.394 e. The zero-order valence-electron chi connectivity index (χ0n) is 15.7. The van der Waals surface area contributed by atoms with Gasteiger partial charge in [0, 0.05) is 19.6 Å². The van der Waals surface area contributed by atoms with E-state index in [9.17, 15) is 20.4 Å². The van der Waals surface area contributed by atoms with Crippen LogP contribution in [-0.2, 0) is 24.2 Å². The maximum atomic E-state index is 10.4. The van der Waals surface area contributed by atoms with Crippen LogP contribution in [0.3, 0.4) is 0 Å². The first kappa shape index (κ1) is 19.5. The monoisotopic (exact) mass is 385 g/mol. The number of rotatable bonds is 4. The van der Waals surface area contributed by atoms with E-state index >= 15 is 0 Å². The molecule has 5 atom stereocenters. The van der Waals surface area contributed by atoms with Gasteiger partial charge in [0.1, 0.15) is 30.5 Å². The quantitative estimate of drug-likeness (QED) is 0.621. The van der Waals surface area contributed by atoms with Gasteiger partial charge in [0.2, 0.25) is 0 Å². The van der Waals surface area contributed by atoms with Gasteiger partial charge in [-0.3, -0.25) is 4.90 Å². The molecule has 2 aromatic rings. The van der Waals surface area contributed by atoms with Gasteiger partial charge in [0.25, 0.3) is 0 Å². The van der Waals surface area contributed by atoms with E-state index < -0.39 is 37.1 Å². The minimum atomic E-state index is -1.36. The Morgan fingerprint density at radius 3 is 2.50 bits per heavy atom. The molecular weight excluding hydrogens is 358 g/mol. The highest BCUT2D eigenvalue weighted by Crippen LogP contribution is 2.33. The van der Waals surface area contributed by atoms with Gasteiger partial charge in [0.05, 0.1) is 6.61 Å². The summed E-state index contributed by atoms with van der Waals surface area (Å²) in [5.74, 6) is 0. The Labute approximate surface area is 164 Å². The van der Waals surface area contributed by atoms with E-state index in [1.807, 2.05) is 24.3 Å². The smallest absolute Gasteiger partial charge is 0.113 e. The van der Waals surface area contributed by atoms with Crippen molar-refractivity contribution in [2.24, 2.45) is 0 Å². The molecule has 0 unspecified atom stereocenters. The summed E-state index contributed by atoms with van der Waals surface area (Å²) in [5.41, 5.74) is 4.59. The Balaban J connectivity index is 1.49. The third kappa shape index (κ3) is 3.85. The fourth-order valence-electron chi connectivity index (χ4n) is 4.19. The van der Waals surface area contributed by atoms with Crippen molar-refractivity contribution in [1.82, 2.24) is 4.90 Å². The van der Waals surface area contributed by atoms with Gasteiger partial charge in [-0.25, -0.2) is 0 Å². The number of aliphatic hydroxyl groups excluding tert-OH is 4. The number of ether oxygens (including phenoxy) is 1. The van der Waals surface area contributed by atoms with Crippen LogP contribution in [-0.4, -0.2) is 62.9 Å². The fraction of sp³-hybridized carbons (Fsp3) is 0.455. The average molecular weight is 385 g/mol. The third-order valence-corrected chi connectivity index (χ3v) is 5.79. The van der Waals surface area contributed by atoms with Crippen LogP contribution in [0, 0.1) is 0 Å². The van der Waals surface area contributed by atoms with Crippen molar-refractivity contribution < 1.29 is 25.2 Å². The SMILES string of the molecule is OC[C@H]1O[C@@H](c2cccc(CN3CCc4ccccc4C3)c2)[C@H](O)[C@@H](O)[C@@H]1O. The number of fused-ring (bicyclic) bond motifs is 1. The van der Waals surface area contributed by atoms with Gasteiger partial charge in [-0.1, -0.05) is 48.5 Å². The molecule has 1 saturated heterocycles. The molecule has 4 rings (SSSR count). The summed E-state index contributed by atoms with van der Waals surface area (Å²) in [5, 5.41) is 39.8. The van der Waals surface area contributed by atoms with E-state index in [2.05, 4.69) is 29.2 Å². The molecule has 0 aromatic heterocycles. The van der Waals surface area contributed by atoms with E-state index in [1.54, 1.807) is 0 Å². The molecule has 6 nitrogen and oxygen atoms in total. The third-order valence-electron chi connectivity index (χ3n) is 5.79. The van der Waals surface area contributed by atoms with Crippen molar-refractivity contribution in [3.05, 3.63) is 70.8 Å². The Hall–Kier alpha value is -1.80. The average Bonchev–Trinajstić information content (AvgIpc) is 2.72. The van der Waals surface area contributed by atoms with Gasteiger partial charge < -0.3 is 25.2 Å². The predicted octanol–water partition coefficient (Wildman–Crippen LogP) is 0.760. The lowest BCUT2D eigenvalue weighted by atomic mass is 9.90. The number of hydrogen-bond donors (Lipinski definition) is 4. The Morgan fingerprint density at radius 1 is 0.929 bits per heavy atom. The molecule has 4 N–H and O–H groups in total. The normalized spacial score (nSPS) is 30.8. The lowest BCUT2D eigenvalue weighted by Gasteiger charge is -2.40. The van der Waals surface area contributed by atoms with Gasteiger partial charge in [-0.2, -0.15) is 0 Å². The molecule has 2 aliphatic heterocycles. The first-order valence-corrected chi connectivity index (χ1v) is 9.75. The van der Waals surface area contributed by atoms with Gasteiger partial charge in [-0.05, 0) is 28.7 Å². The zero-order chi connectivity index (χ0) is 19.7. The van der Waals surface area contributed by atoms with Crippen molar-refractivity contribution in [2.75, 3.05) is 13.2 Å². The molecule has 2 aromatic carbocycles. The molecule has 2 aliphatic rings. The first-order valence-electron chi connectivity index (χ1n) is 9.75. The summed E-state index contributed by atoms with van der Waals surface area (Å²) in [7, 11) is 0. The molecule has 150 valence electrons. The number of hydrogen-bond acceptors (Lipinski definition) is 6. The van der Waals surface area contributed by atoms with Crippen molar-refractivity contribution in [1.29, 1.82) is 0 Å². The van der Waals surface area contributed by atoms with Crippen LogP contribution in [0.4, 0.5) is 0 Å². The van der Waals surface area contributed by atoms with Crippen molar-refractivity contribution in [3.8, 4) is 0 Å². The van der Waals surface area contributed by atoms with Crippen LogP contribution < -0.4 is 0 Å². The lowest BCUT2D eigenvalue weighted by molar-refractivity contribution is -0.231. The minimum Gasteiger partial charge on any atom is -0.394 e. The van der Waals surface area contributed by atoms with E-state index in [0.29, 0.717) is 0 Å². The van der Waals surface area contributed by atoms with Gasteiger partial charge in [0.15, 0.2) is 0 Å². The van der Waals surface area contributed by atoms with Crippen LogP contribution >= 0.6 is 0 Å². The van der Waals surface area contributed by atoms with Crippen molar-refractivity contribution in [2.45, 2.75) is 50.0 Å². The standard InChI is InChI=1S/C22H27NO5/c24-13-18-19(25)20(26)21(27)22(28-18)16-7-3-4-14(10-16)11-23-9-8-15-5-1-2-6-17(15)12-23/h1-7,10,18-22,24-27H,8-9,11-13H2/t18-,19-,20+,21-,22+/m1/s1. The maximum Gasteiger partial charge on any atom is 0.113 e. The first-order chi connectivity index (χ1) is 13.6. The highest BCUT2D eigenvalue weighted by atomic mass is 16.5. The van der Waals surface area contributed by atoms with E-state index in [4.69, 9.17) is 4.74 Å². The van der Waals surface area contributed by atoms with Crippen molar-refractivity contribution >= 4 is 0 Å². The summed E-state index contributed by atoms with van der Waals surface area (Å²) in [6.45, 7) is 2.25. The molecule has 0 radical (unpaired) electrons. The minimum absolute atomic E-state index is 0.422. The molecular formula is C22H27NO5. The molecule has 0 saturated carbocycles. The molecule has 0 amide bonds. The molecule has 28 heavy (non-hydrogen) atoms. The Morgan fingerprint density at radius 2 is 1.71 bits per heavy atom. The van der Waals surface area contributed by atoms with Gasteiger partial charge >= 0.3 is 0 Å². The second-order valence-corrected chi connectivity index (χ2v) is 7.72. The fourth-order valence-corrected chi connectivity index (χ4v) is 4.19. The Kier molecular flexibility index (Phi) is 5.78. The summed E-state index contributed by atoms with van der Waals surface area (Å²) >= 11 is 0. The van der Waals surface area contributed by atoms with Crippen LogP contribution in [0.15, 0.2) is 48.5 Å². The van der Waals surface area contributed by atoms with E-state index in [0.717, 1.165) is 37.2 Å². The summed E-state index contributed by atoms with van der Waals surface area (Å²) < 4.78 is 5.68. The Bertz CT molecular complexity index is 811. The molecule has 0 spiro atoms. The highest BCUT2D eigenvalue weighted by molar-refractivity contribution is 5.30. The van der Waals surface area contributed by atoms with Crippen LogP contribution in [0.1, 0.15) is 28.4 Å². The zero-order valence-corrected chi connectivity index (χ0v) is 15.7. The van der Waals surface area contributed by atoms with Crippen LogP contribution in [0.5, 0.6) is 0 Å². The van der Waals surface area contributed by atoms with E-state index in [1.165, 1.54) is 11.1 Å². The van der Waals surface area contributed by atoms with Crippen LogP contribution in [0.2, 0.25) is 0 Å². The number of aliphatic hydroxyl groups is 4. The molecule has 2 heterocycles. The molecule has 0 aliphatic carbocycles. The molecule has 0 bridgehead atoms. The summed E-state index contributed by atoms with van der Waals surface area (Å²) in [6, 6.07) is 16.3. The van der Waals surface area contributed by atoms with Crippen molar-refractivity contribution in [3.63, 3.8) is 0 Å². The van der Waals surface area contributed by atoms with Crippen LogP contribution in [0.25, 0.3) is 0 Å². The number of benzene rings is 2. The highest BCUT2D eigenvalue weighted by Gasteiger charge is 2.43. The summed E-state index contributed by atoms with van der Waals surface area (Å²) in [6.07, 6.45) is -4.62. The summed E-state index contributed by atoms with van der Waals surface area (Å²) in [4.78, 5) is 2.38. The maximum absolute atomic E-state index is 10.4. The van der Waals surface area contributed by atoms with E-state index in [-0.39, 0.29) is 0 Å². The second-order valence-electron chi connectivity index (χ2n) is 7.72. The lowest BCUT2D eigenvalue weighted by Crippen LogP contribution is -2.55. The number of nitrogens with zero attached hydrogens (tertiary/aromatic N) is 1. The molecule has 1 fully saturated rings.